The Morgan fingerprint density at radius 3 is 2.59 bits per heavy atom. The molecule has 17 heavy (non-hydrogen) atoms. The van der Waals surface area contributed by atoms with Gasteiger partial charge in [-0.05, 0) is 44.1 Å². The summed E-state index contributed by atoms with van der Waals surface area (Å²) in [4.78, 5) is 23.6. The van der Waals surface area contributed by atoms with Crippen molar-refractivity contribution in [2.45, 2.75) is 32.2 Å². The minimum atomic E-state index is -1.19. The van der Waals surface area contributed by atoms with Gasteiger partial charge >= 0.3 is 5.97 Å². The molecule has 1 aliphatic carbocycles. The van der Waals surface area contributed by atoms with Crippen molar-refractivity contribution >= 4 is 23.4 Å². The molecule has 1 aromatic rings. The molecule has 1 amide bonds. The average molecular weight is 255 g/mol. The quantitative estimate of drug-likeness (QED) is 0.831. The maximum Gasteiger partial charge on any atom is 0.329 e. The van der Waals surface area contributed by atoms with Crippen LogP contribution in [0.1, 0.15) is 35.1 Å². The molecule has 1 aromatic heterocycles. The lowest BCUT2D eigenvalue weighted by Gasteiger charge is -2.25. The number of aryl methyl sites for hydroxylation is 1. The van der Waals surface area contributed by atoms with Crippen LogP contribution in [-0.2, 0) is 4.79 Å². The summed E-state index contributed by atoms with van der Waals surface area (Å²) in [6.45, 7) is 3.22. The Kier molecular flexibility index (Phi) is 2.86. The summed E-state index contributed by atoms with van der Waals surface area (Å²) in [5.74, 6) is -1.39. The number of carbonyl (C=O) groups excluding carboxylic acids is 1. The van der Waals surface area contributed by atoms with Crippen molar-refractivity contribution < 1.29 is 14.7 Å². The van der Waals surface area contributed by atoms with Crippen LogP contribution in [0.15, 0.2) is 0 Å². The average Bonchev–Trinajstić information content (AvgIpc) is 3.01. The van der Waals surface area contributed by atoms with Crippen LogP contribution in [0.4, 0.5) is 0 Å². The first-order valence-corrected chi connectivity index (χ1v) is 6.07. The first-order valence-electron chi connectivity index (χ1n) is 5.30. The zero-order valence-corrected chi connectivity index (χ0v) is 10.4. The third-order valence-corrected chi connectivity index (χ3v) is 3.90. The van der Waals surface area contributed by atoms with E-state index in [-0.39, 0.29) is 5.92 Å². The number of carbonyl (C=O) groups is 2. The van der Waals surface area contributed by atoms with E-state index in [9.17, 15) is 14.7 Å². The highest BCUT2D eigenvalue weighted by Crippen LogP contribution is 2.39. The minimum absolute atomic E-state index is 0.0186. The number of nitrogens with zero attached hydrogens (tertiary/aromatic N) is 2. The fourth-order valence-electron chi connectivity index (χ4n) is 1.72. The molecule has 1 fully saturated rings. The normalized spacial score (nSPS) is 18.5. The fourth-order valence-corrected chi connectivity index (χ4v) is 2.27. The van der Waals surface area contributed by atoms with Crippen LogP contribution >= 0.6 is 11.5 Å². The second-order valence-electron chi connectivity index (χ2n) is 4.42. The summed E-state index contributed by atoms with van der Waals surface area (Å²) in [5.41, 5.74) is -0.663. The van der Waals surface area contributed by atoms with Crippen LogP contribution < -0.4 is 5.32 Å². The van der Waals surface area contributed by atoms with E-state index in [1.54, 1.807) is 13.8 Å². The van der Waals surface area contributed by atoms with Crippen LogP contribution in [0.25, 0.3) is 0 Å². The molecule has 0 saturated heterocycles. The summed E-state index contributed by atoms with van der Waals surface area (Å²) >= 11 is 0.976. The summed E-state index contributed by atoms with van der Waals surface area (Å²) in [6, 6.07) is 0. The first kappa shape index (κ1) is 12.0. The summed E-state index contributed by atoms with van der Waals surface area (Å²) in [6.07, 6.45) is 1.67. The van der Waals surface area contributed by atoms with Crippen LogP contribution in [0.5, 0.6) is 0 Å². The molecule has 7 heteroatoms. The Hall–Kier alpha value is -1.50. The van der Waals surface area contributed by atoms with E-state index < -0.39 is 17.4 Å². The molecule has 1 heterocycles. The number of nitrogens with one attached hydrogen (secondary N) is 1. The summed E-state index contributed by atoms with van der Waals surface area (Å²) in [5, 5.41) is 15.5. The molecule has 92 valence electrons. The molecule has 1 aliphatic rings. The van der Waals surface area contributed by atoms with Gasteiger partial charge in [0.15, 0.2) is 0 Å². The molecule has 0 bridgehead atoms. The molecule has 2 N–H and O–H groups in total. The van der Waals surface area contributed by atoms with Gasteiger partial charge in [0.05, 0.1) is 5.69 Å². The van der Waals surface area contributed by atoms with Gasteiger partial charge in [-0.1, -0.05) is 4.49 Å². The third kappa shape index (κ3) is 2.14. The van der Waals surface area contributed by atoms with Crippen molar-refractivity contribution in [2.24, 2.45) is 5.92 Å². The number of aromatic nitrogens is 2. The number of hydrogen-bond donors (Lipinski definition) is 2. The second kappa shape index (κ2) is 4.06. The number of carboxylic acid groups (broad SMARTS) is 1. The van der Waals surface area contributed by atoms with Gasteiger partial charge in [-0.3, -0.25) is 4.79 Å². The lowest BCUT2D eigenvalue weighted by Crippen LogP contribution is -2.54. The van der Waals surface area contributed by atoms with E-state index in [0.29, 0.717) is 10.6 Å². The number of carboxylic acids is 1. The highest BCUT2D eigenvalue weighted by atomic mass is 32.1. The molecule has 0 spiro atoms. The summed E-state index contributed by atoms with van der Waals surface area (Å²) in [7, 11) is 0. The molecule has 6 nitrogen and oxygen atoms in total. The van der Waals surface area contributed by atoms with E-state index in [1.165, 1.54) is 0 Å². The molecule has 2 rings (SSSR count). The second-order valence-corrected chi connectivity index (χ2v) is 5.18. The molecule has 0 aliphatic heterocycles. The number of aliphatic carboxylic acids is 1. The molecule has 0 unspecified atom stereocenters. The number of rotatable bonds is 4. The summed E-state index contributed by atoms with van der Waals surface area (Å²) < 4.78 is 3.66. The van der Waals surface area contributed by atoms with Gasteiger partial charge in [0.2, 0.25) is 0 Å². The Balaban J connectivity index is 2.17. The van der Waals surface area contributed by atoms with Gasteiger partial charge in [0.1, 0.15) is 10.4 Å². The van der Waals surface area contributed by atoms with Crippen LogP contribution in [0.2, 0.25) is 0 Å². The molecule has 0 radical (unpaired) electrons. The van der Waals surface area contributed by atoms with E-state index in [2.05, 4.69) is 14.9 Å². The lowest BCUT2D eigenvalue weighted by molar-refractivity contribution is -0.144. The highest BCUT2D eigenvalue weighted by molar-refractivity contribution is 7.08. The monoisotopic (exact) mass is 255 g/mol. The van der Waals surface area contributed by atoms with Gasteiger partial charge in [-0.15, -0.1) is 5.10 Å². The first-order chi connectivity index (χ1) is 7.95. The Morgan fingerprint density at radius 2 is 2.18 bits per heavy atom. The SMILES string of the molecule is Cc1nnsc1C(=O)N[C@@](C)(C(=O)O)C1CC1. The van der Waals surface area contributed by atoms with Crippen molar-refractivity contribution in [1.29, 1.82) is 0 Å². The van der Waals surface area contributed by atoms with Gasteiger partial charge in [-0.25, -0.2) is 4.79 Å². The zero-order valence-electron chi connectivity index (χ0n) is 9.56. The van der Waals surface area contributed by atoms with Gasteiger partial charge in [0.25, 0.3) is 5.91 Å². The van der Waals surface area contributed by atoms with E-state index in [0.717, 1.165) is 24.4 Å². The highest BCUT2D eigenvalue weighted by Gasteiger charge is 2.48. The van der Waals surface area contributed by atoms with Crippen molar-refractivity contribution in [3.63, 3.8) is 0 Å². The predicted octanol–water partition coefficient (Wildman–Crippen LogP) is 0.830. The molecule has 1 atom stereocenters. The predicted molar refractivity (Wildman–Crippen MR) is 60.9 cm³/mol. The molecule has 1 saturated carbocycles. The molecule has 0 aromatic carbocycles. The smallest absolute Gasteiger partial charge is 0.329 e. The maximum atomic E-state index is 11.9. The van der Waals surface area contributed by atoms with E-state index in [1.807, 2.05) is 0 Å². The lowest BCUT2D eigenvalue weighted by atomic mass is 9.96. The Morgan fingerprint density at radius 1 is 1.53 bits per heavy atom. The number of hydrogen-bond acceptors (Lipinski definition) is 5. The van der Waals surface area contributed by atoms with Crippen LogP contribution in [0, 0.1) is 12.8 Å². The van der Waals surface area contributed by atoms with Gasteiger partial charge in [-0.2, -0.15) is 0 Å². The standard InChI is InChI=1S/C10H13N3O3S/c1-5-7(17-13-12-5)8(14)11-10(2,9(15)16)6-3-4-6/h6H,3-4H2,1-2H3,(H,11,14)(H,15,16)/t10-/m1/s1. The Bertz CT molecular complexity index is 469. The van der Waals surface area contributed by atoms with E-state index >= 15 is 0 Å². The number of amides is 1. The largest absolute Gasteiger partial charge is 0.480 e. The minimum Gasteiger partial charge on any atom is -0.480 e. The van der Waals surface area contributed by atoms with E-state index in [4.69, 9.17) is 0 Å². The zero-order chi connectivity index (χ0) is 12.6. The van der Waals surface area contributed by atoms with Crippen molar-refractivity contribution in [1.82, 2.24) is 14.9 Å². The van der Waals surface area contributed by atoms with Crippen LogP contribution in [-0.4, -0.2) is 32.1 Å². The van der Waals surface area contributed by atoms with Gasteiger partial charge < -0.3 is 10.4 Å². The van der Waals surface area contributed by atoms with Crippen LogP contribution in [0.3, 0.4) is 0 Å². The van der Waals surface area contributed by atoms with Crippen molar-refractivity contribution in [3.8, 4) is 0 Å². The third-order valence-electron chi connectivity index (χ3n) is 3.07. The fraction of sp³-hybridized carbons (Fsp3) is 0.600. The molecular formula is C10H13N3O3S. The maximum absolute atomic E-state index is 11.9. The molecular weight excluding hydrogens is 242 g/mol. The topological polar surface area (TPSA) is 92.2 Å². The Labute approximate surface area is 102 Å². The van der Waals surface area contributed by atoms with Crippen molar-refractivity contribution in [3.05, 3.63) is 10.6 Å². The van der Waals surface area contributed by atoms with Crippen molar-refractivity contribution in [2.75, 3.05) is 0 Å². The van der Waals surface area contributed by atoms with Gasteiger partial charge in [0, 0.05) is 0 Å².